The van der Waals surface area contributed by atoms with Crippen LogP contribution in [0.2, 0.25) is 0 Å². The first-order chi connectivity index (χ1) is 4.83. The Balaban J connectivity index is 0. The van der Waals surface area contributed by atoms with Gasteiger partial charge in [0.15, 0.2) is 0 Å². The van der Waals surface area contributed by atoms with Crippen LogP contribution >= 0.6 is 0 Å². The van der Waals surface area contributed by atoms with Gasteiger partial charge in [0.2, 0.25) is 6.33 Å². The topological polar surface area (TPSA) is 8.81 Å². The van der Waals surface area contributed by atoms with Crippen molar-refractivity contribution in [1.82, 2.24) is 4.57 Å². The summed E-state index contributed by atoms with van der Waals surface area (Å²) < 4.78 is 4.28. The van der Waals surface area contributed by atoms with Crippen LogP contribution in [0.1, 0.15) is 19.8 Å². The third-order valence-electron chi connectivity index (χ3n) is 1.59. The molecule has 65 valence electrons. The average Bonchev–Trinajstić information content (AvgIpc) is 2.31. The minimum atomic E-state index is 0. The molecule has 0 amide bonds. The first-order valence-corrected chi connectivity index (χ1v) is 3.84. The molecule has 2 nitrogen and oxygen atoms in total. The second-order valence-electron chi connectivity index (χ2n) is 2.67. The summed E-state index contributed by atoms with van der Waals surface area (Å²) in [5, 5.41) is 0. The maximum absolute atomic E-state index is 2.21. The summed E-state index contributed by atoms with van der Waals surface area (Å²) in [4.78, 5) is 0. The van der Waals surface area contributed by atoms with Gasteiger partial charge < -0.3 is 12.4 Å². The van der Waals surface area contributed by atoms with Gasteiger partial charge in [-0.15, -0.1) is 0 Å². The molecule has 0 aliphatic carbocycles. The molecule has 0 fully saturated rings. The van der Waals surface area contributed by atoms with Crippen LogP contribution in [-0.4, -0.2) is 56.0 Å². The Morgan fingerprint density at radius 3 is 2.50 bits per heavy atom. The van der Waals surface area contributed by atoms with Crippen molar-refractivity contribution in [2.45, 2.75) is 26.3 Å². The molecular weight excluding hydrogens is 199 g/mol. The molecule has 0 aliphatic rings. The summed E-state index contributed by atoms with van der Waals surface area (Å²) in [5.74, 6) is 0. The zero-order chi connectivity index (χ0) is 7.40. The maximum atomic E-state index is 2.21. The molecule has 1 heterocycles. The van der Waals surface area contributed by atoms with Gasteiger partial charge in [0, 0.05) is 51.4 Å². The van der Waals surface area contributed by atoms with Crippen LogP contribution in [0.5, 0.6) is 0 Å². The Morgan fingerprint density at radius 2 is 2.08 bits per heavy atom. The van der Waals surface area contributed by atoms with Crippen molar-refractivity contribution in [3.63, 3.8) is 0 Å². The van der Waals surface area contributed by atoms with E-state index in [9.17, 15) is 0 Å². The number of hydrogen-bond acceptors (Lipinski definition) is 0. The fourth-order valence-corrected chi connectivity index (χ4v) is 0.975. The van der Waals surface area contributed by atoms with E-state index in [0.29, 0.717) is 0 Å². The molecule has 0 N–H and O–H groups in total. The van der Waals surface area contributed by atoms with Crippen LogP contribution in [0, 0.1) is 0 Å². The fourth-order valence-electron chi connectivity index (χ4n) is 0.975. The molecule has 4 heteroatoms. The third-order valence-corrected chi connectivity index (χ3v) is 1.59. The van der Waals surface area contributed by atoms with Gasteiger partial charge >= 0.3 is 0 Å². The fraction of sp³-hybridized carbons (Fsp3) is 0.625. The Morgan fingerprint density at radius 1 is 1.42 bits per heavy atom. The van der Waals surface area contributed by atoms with Gasteiger partial charge in [-0.2, -0.15) is 0 Å². The van der Waals surface area contributed by atoms with Crippen molar-refractivity contribution in [1.29, 1.82) is 0 Å². The van der Waals surface area contributed by atoms with E-state index in [1.807, 2.05) is 7.05 Å². The quantitative estimate of drug-likeness (QED) is 0.396. The van der Waals surface area contributed by atoms with Gasteiger partial charge in [0.1, 0.15) is 12.4 Å². The predicted molar refractivity (Wildman–Crippen MR) is 46.3 cm³/mol. The van der Waals surface area contributed by atoms with Crippen LogP contribution in [0.4, 0.5) is 0 Å². The molecule has 12 heavy (non-hydrogen) atoms. The van der Waals surface area contributed by atoms with Crippen molar-refractivity contribution in [2.24, 2.45) is 7.05 Å². The predicted octanol–water partition coefficient (Wildman–Crippen LogP) is -2.26. The van der Waals surface area contributed by atoms with E-state index in [2.05, 4.69) is 34.8 Å². The summed E-state index contributed by atoms with van der Waals surface area (Å²) in [6, 6.07) is 0. The van der Waals surface area contributed by atoms with Crippen LogP contribution in [0.15, 0.2) is 18.7 Å². The zero-order valence-corrected chi connectivity index (χ0v) is 12.0. The molecule has 1 aromatic rings. The van der Waals surface area contributed by atoms with Crippen LogP contribution < -0.4 is 17.0 Å². The summed E-state index contributed by atoms with van der Waals surface area (Å²) in [6.45, 7) is 3.36. The molecular formula is C8H15ClKN2. The number of nitrogens with zero attached hydrogens (tertiary/aromatic N) is 2. The maximum Gasteiger partial charge on any atom is 0.243 e. The van der Waals surface area contributed by atoms with Gasteiger partial charge in [-0.05, 0) is 6.42 Å². The van der Waals surface area contributed by atoms with Gasteiger partial charge in [-0.25, -0.2) is 9.13 Å². The molecule has 1 radical (unpaired) electrons. The van der Waals surface area contributed by atoms with Crippen molar-refractivity contribution < 1.29 is 17.0 Å². The Hall–Kier alpha value is 1.14. The molecule has 1 aromatic heterocycles. The second-order valence-corrected chi connectivity index (χ2v) is 2.67. The van der Waals surface area contributed by atoms with Crippen molar-refractivity contribution in [2.75, 3.05) is 0 Å². The van der Waals surface area contributed by atoms with Crippen LogP contribution in [0.3, 0.4) is 0 Å². The minimum absolute atomic E-state index is 0. The van der Waals surface area contributed by atoms with Crippen molar-refractivity contribution in [3.8, 4) is 0 Å². The molecule has 0 aromatic carbocycles. The number of hydrogen-bond donors (Lipinski definition) is 0. The van der Waals surface area contributed by atoms with E-state index in [0.717, 1.165) is 6.54 Å². The Labute approximate surface area is 123 Å². The molecule has 0 spiro atoms. The van der Waals surface area contributed by atoms with Crippen molar-refractivity contribution in [3.05, 3.63) is 18.7 Å². The van der Waals surface area contributed by atoms with Crippen LogP contribution in [-0.2, 0) is 13.6 Å². The molecule has 1 rings (SSSR count). The molecule has 0 bridgehead atoms. The molecule has 0 aliphatic heterocycles. The average molecular weight is 214 g/mol. The number of aromatic nitrogens is 2. The summed E-state index contributed by atoms with van der Waals surface area (Å²) in [7, 11) is 2.04. The Kier molecular flexibility index (Phi) is 11.3. The van der Waals surface area contributed by atoms with E-state index < -0.39 is 0 Å². The van der Waals surface area contributed by atoms with E-state index in [4.69, 9.17) is 0 Å². The largest absolute Gasteiger partial charge is 1.00 e. The number of aryl methyl sites for hydroxylation is 2. The van der Waals surface area contributed by atoms with Gasteiger partial charge in [-0.1, -0.05) is 13.3 Å². The smallest absolute Gasteiger partial charge is 0.243 e. The van der Waals surface area contributed by atoms with E-state index in [-0.39, 0.29) is 63.8 Å². The monoisotopic (exact) mass is 213 g/mol. The van der Waals surface area contributed by atoms with Gasteiger partial charge in [-0.3, -0.25) is 0 Å². The SMILES string of the molecule is CCCCn1cc[n+](C)c1.[Cl-].[K]. The van der Waals surface area contributed by atoms with Crippen molar-refractivity contribution >= 4 is 51.4 Å². The number of imidazole rings is 1. The minimum Gasteiger partial charge on any atom is -1.00 e. The summed E-state index contributed by atoms with van der Waals surface area (Å²) >= 11 is 0. The molecule has 0 unspecified atom stereocenters. The third kappa shape index (κ3) is 5.73. The number of rotatable bonds is 3. The number of unbranched alkanes of at least 4 members (excludes halogenated alkanes) is 1. The van der Waals surface area contributed by atoms with E-state index in [1.54, 1.807) is 0 Å². The summed E-state index contributed by atoms with van der Waals surface area (Å²) in [5.41, 5.74) is 0. The summed E-state index contributed by atoms with van der Waals surface area (Å²) in [6.07, 6.45) is 8.82. The van der Waals surface area contributed by atoms with Gasteiger partial charge in [0.05, 0.1) is 13.6 Å². The first-order valence-electron chi connectivity index (χ1n) is 3.84. The first kappa shape index (κ1) is 15.6. The van der Waals surface area contributed by atoms with Gasteiger partial charge in [0.25, 0.3) is 0 Å². The van der Waals surface area contributed by atoms with Crippen LogP contribution in [0.25, 0.3) is 0 Å². The van der Waals surface area contributed by atoms with E-state index >= 15 is 0 Å². The molecule has 0 atom stereocenters. The standard InChI is InChI=1S/C8H15N2.ClH.K/c1-3-4-5-10-7-6-9(2)8-10;;/h6-8H,3-5H2,1-2H3;1H;/q+1;;/p-1. The number of halogens is 1. The molecule has 0 saturated heterocycles. The van der Waals surface area contributed by atoms with E-state index in [1.165, 1.54) is 12.8 Å². The zero-order valence-electron chi connectivity index (χ0n) is 8.13. The Bertz CT molecular complexity index is 201. The molecule has 0 saturated carbocycles. The normalized spacial score (nSPS) is 8.50. The second kappa shape index (κ2) is 8.72.